The number of rotatable bonds is 4. The summed E-state index contributed by atoms with van der Waals surface area (Å²) in [5, 5.41) is 8.84. The molecule has 86 valence electrons. The first-order valence-corrected chi connectivity index (χ1v) is 6.22. The minimum Gasteiger partial charge on any atom is -0.396 e. The maximum Gasteiger partial charge on any atom is 0.149 e. The van der Waals surface area contributed by atoms with Gasteiger partial charge < -0.3 is 5.11 Å². The Morgan fingerprint density at radius 3 is 2.87 bits per heavy atom. The number of hydrogen-bond donors (Lipinski definition) is 1. The number of Topliss-reactive ketones (excluding diaryl/α,β-unsaturated/α-hetero) is 1. The average Bonchev–Trinajstić information content (AvgIpc) is 2.82. The minimum absolute atomic E-state index is 0.219. The van der Waals surface area contributed by atoms with Gasteiger partial charge in [-0.3, -0.25) is 9.69 Å². The van der Waals surface area contributed by atoms with Crippen LogP contribution in [-0.4, -0.2) is 41.0 Å². The lowest BCUT2D eigenvalue weighted by Crippen LogP contribution is -2.41. The molecule has 2 atom stereocenters. The zero-order valence-corrected chi connectivity index (χ0v) is 9.32. The summed E-state index contributed by atoms with van der Waals surface area (Å²) in [7, 11) is 0. The number of carbonyl (C=O) groups excluding carboxylic acids is 1. The van der Waals surface area contributed by atoms with Crippen molar-refractivity contribution < 1.29 is 9.90 Å². The molecule has 1 saturated carbocycles. The van der Waals surface area contributed by atoms with E-state index in [0.717, 1.165) is 38.6 Å². The van der Waals surface area contributed by atoms with Gasteiger partial charge in [0.2, 0.25) is 0 Å². The van der Waals surface area contributed by atoms with Gasteiger partial charge in [0.25, 0.3) is 0 Å². The van der Waals surface area contributed by atoms with Gasteiger partial charge in [-0.1, -0.05) is 0 Å². The van der Waals surface area contributed by atoms with Gasteiger partial charge in [0.1, 0.15) is 5.78 Å². The second-order valence-electron chi connectivity index (χ2n) is 4.77. The van der Waals surface area contributed by atoms with Crippen LogP contribution in [0.25, 0.3) is 0 Å². The smallest absolute Gasteiger partial charge is 0.149 e. The molecule has 1 aliphatic carbocycles. The number of aliphatic hydroxyl groups excluding tert-OH is 1. The molecule has 0 bridgehead atoms. The third-order valence-electron chi connectivity index (χ3n) is 3.79. The molecule has 1 saturated heterocycles. The Bertz CT molecular complexity index is 230. The lowest BCUT2D eigenvalue weighted by Gasteiger charge is -2.29. The number of carbonyl (C=O) groups is 1. The molecule has 1 aliphatic heterocycles. The Morgan fingerprint density at radius 1 is 1.33 bits per heavy atom. The van der Waals surface area contributed by atoms with Crippen LogP contribution >= 0.6 is 0 Å². The fraction of sp³-hybridized carbons (Fsp3) is 0.917. The Labute approximate surface area is 91.5 Å². The van der Waals surface area contributed by atoms with E-state index in [-0.39, 0.29) is 12.6 Å². The number of hydrogen-bond acceptors (Lipinski definition) is 3. The molecule has 0 aromatic rings. The van der Waals surface area contributed by atoms with Gasteiger partial charge in [-0.05, 0) is 45.1 Å². The maximum absolute atomic E-state index is 11.7. The first-order chi connectivity index (χ1) is 7.33. The van der Waals surface area contributed by atoms with Gasteiger partial charge in [-0.2, -0.15) is 0 Å². The predicted molar refractivity (Wildman–Crippen MR) is 58.7 cm³/mol. The van der Waals surface area contributed by atoms with E-state index in [1.54, 1.807) is 0 Å². The Balaban J connectivity index is 1.91. The third-order valence-corrected chi connectivity index (χ3v) is 3.79. The highest BCUT2D eigenvalue weighted by Gasteiger charge is 2.36. The van der Waals surface area contributed by atoms with Crippen molar-refractivity contribution in [1.29, 1.82) is 0 Å². The zero-order valence-electron chi connectivity index (χ0n) is 9.32. The summed E-state index contributed by atoms with van der Waals surface area (Å²) >= 11 is 0. The average molecular weight is 211 g/mol. The van der Waals surface area contributed by atoms with E-state index in [2.05, 4.69) is 4.90 Å². The van der Waals surface area contributed by atoms with Crippen LogP contribution in [0.1, 0.15) is 44.9 Å². The summed E-state index contributed by atoms with van der Waals surface area (Å²) in [6.07, 6.45) is 7.29. The number of nitrogens with zero attached hydrogens (tertiary/aromatic N) is 1. The van der Waals surface area contributed by atoms with E-state index in [4.69, 9.17) is 5.11 Å². The van der Waals surface area contributed by atoms with Crippen molar-refractivity contribution in [2.75, 3.05) is 13.2 Å². The predicted octanol–water partition coefficient (Wildman–Crippen LogP) is 1.34. The van der Waals surface area contributed by atoms with E-state index < -0.39 is 0 Å². The van der Waals surface area contributed by atoms with Gasteiger partial charge >= 0.3 is 0 Å². The molecule has 15 heavy (non-hydrogen) atoms. The lowest BCUT2D eigenvalue weighted by atomic mass is 10.1. The summed E-state index contributed by atoms with van der Waals surface area (Å²) in [6.45, 7) is 1.37. The second kappa shape index (κ2) is 5.08. The standard InChI is InChI=1S/C12H21NO2/c14-9-3-5-10-4-2-8-13(10)11-6-1-7-12(11)15/h10-11,14H,1-9H2. The summed E-state index contributed by atoms with van der Waals surface area (Å²) in [4.78, 5) is 14.1. The van der Waals surface area contributed by atoms with Crippen molar-refractivity contribution in [2.45, 2.75) is 57.0 Å². The molecule has 0 amide bonds. The van der Waals surface area contributed by atoms with Crippen molar-refractivity contribution in [3.05, 3.63) is 0 Å². The quantitative estimate of drug-likeness (QED) is 0.763. The normalized spacial score (nSPS) is 32.7. The molecule has 0 aromatic heterocycles. The number of likely N-dealkylation sites (tertiary alicyclic amines) is 1. The molecule has 2 unspecified atom stereocenters. The van der Waals surface area contributed by atoms with Crippen LogP contribution in [0.5, 0.6) is 0 Å². The van der Waals surface area contributed by atoms with Crippen LogP contribution in [0.3, 0.4) is 0 Å². The van der Waals surface area contributed by atoms with Crippen molar-refractivity contribution in [2.24, 2.45) is 0 Å². The molecule has 2 fully saturated rings. The summed E-state index contributed by atoms with van der Waals surface area (Å²) in [5.41, 5.74) is 0. The highest BCUT2D eigenvalue weighted by Crippen LogP contribution is 2.29. The molecule has 0 radical (unpaired) electrons. The van der Waals surface area contributed by atoms with Crippen LogP contribution in [0.4, 0.5) is 0 Å². The van der Waals surface area contributed by atoms with Crippen molar-refractivity contribution in [3.8, 4) is 0 Å². The number of ketones is 1. The van der Waals surface area contributed by atoms with Gasteiger partial charge in [0.05, 0.1) is 6.04 Å². The molecule has 0 spiro atoms. The first-order valence-electron chi connectivity index (χ1n) is 6.22. The van der Waals surface area contributed by atoms with Crippen LogP contribution in [0, 0.1) is 0 Å². The maximum atomic E-state index is 11.7. The van der Waals surface area contributed by atoms with E-state index in [9.17, 15) is 4.79 Å². The first kappa shape index (κ1) is 11.1. The molecule has 3 heteroatoms. The molecular weight excluding hydrogens is 190 g/mol. The van der Waals surface area contributed by atoms with Gasteiger partial charge in [0.15, 0.2) is 0 Å². The monoisotopic (exact) mass is 211 g/mol. The summed E-state index contributed by atoms with van der Waals surface area (Å²) in [5.74, 6) is 0.450. The number of aliphatic hydroxyl groups is 1. The topological polar surface area (TPSA) is 40.5 Å². The van der Waals surface area contributed by atoms with Crippen LogP contribution in [0.2, 0.25) is 0 Å². The SMILES string of the molecule is O=C1CCCC1N1CCCC1CCCO. The minimum atomic E-state index is 0.219. The lowest BCUT2D eigenvalue weighted by molar-refractivity contribution is -0.122. The van der Waals surface area contributed by atoms with E-state index in [1.165, 1.54) is 12.8 Å². The molecule has 2 aliphatic rings. The summed E-state index contributed by atoms with van der Waals surface area (Å²) in [6, 6.07) is 0.778. The van der Waals surface area contributed by atoms with E-state index in [1.807, 2.05) is 0 Å². The second-order valence-corrected chi connectivity index (χ2v) is 4.77. The van der Waals surface area contributed by atoms with Crippen molar-refractivity contribution >= 4 is 5.78 Å². The zero-order chi connectivity index (χ0) is 10.7. The fourth-order valence-corrected chi connectivity index (χ4v) is 3.05. The molecule has 3 nitrogen and oxygen atoms in total. The van der Waals surface area contributed by atoms with Crippen LogP contribution in [0.15, 0.2) is 0 Å². The largest absolute Gasteiger partial charge is 0.396 e. The van der Waals surface area contributed by atoms with Gasteiger partial charge in [-0.15, -0.1) is 0 Å². The third kappa shape index (κ3) is 2.40. The highest BCUT2D eigenvalue weighted by molar-refractivity contribution is 5.85. The Kier molecular flexibility index (Phi) is 3.76. The molecule has 1 N–H and O–H groups in total. The molecule has 0 aromatic carbocycles. The van der Waals surface area contributed by atoms with Crippen molar-refractivity contribution in [1.82, 2.24) is 4.90 Å². The Hall–Kier alpha value is -0.410. The van der Waals surface area contributed by atoms with Gasteiger partial charge in [0, 0.05) is 19.1 Å². The van der Waals surface area contributed by atoms with E-state index in [0.29, 0.717) is 11.8 Å². The molecular formula is C12H21NO2. The highest BCUT2D eigenvalue weighted by atomic mass is 16.2. The fourth-order valence-electron chi connectivity index (χ4n) is 3.05. The molecule has 2 rings (SSSR count). The van der Waals surface area contributed by atoms with Gasteiger partial charge in [-0.25, -0.2) is 0 Å². The van der Waals surface area contributed by atoms with Crippen LogP contribution < -0.4 is 0 Å². The summed E-state index contributed by atoms with van der Waals surface area (Å²) < 4.78 is 0. The van der Waals surface area contributed by atoms with Crippen LogP contribution in [-0.2, 0) is 4.79 Å². The van der Waals surface area contributed by atoms with Crippen molar-refractivity contribution in [3.63, 3.8) is 0 Å². The Morgan fingerprint density at radius 2 is 2.20 bits per heavy atom. The van der Waals surface area contributed by atoms with E-state index >= 15 is 0 Å². The molecule has 1 heterocycles.